The second-order valence-electron chi connectivity index (χ2n) is 6.79. The predicted octanol–water partition coefficient (Wildman–Crippen LogP) is 3.25. The van der Waals surface area contributed by atoms with Crippen molar-refractivity contribution in [1.29, 1.82) is 0 Å². The summed E-state index contributed by atoms with van der Waals surface area (Å²) in [6.45, 7) is 0.865. The molecule has 1 atom stereocenters. The van der Waals surface area contributed by atoms with Crippen LogP contribution in [0.25, 0.3) is 0 Å². The number of carbonyl (C=O) groups is 1. The summed E-state index contributed by atoms with van der Waals surface area (Å²) in [5.41, 5.74) is -0.551. The first-order valence-corrected chi connectivity index (χ1v) is 8.87. The molecule has 150 valence electrons. The van der Waals surface area contributed by atoms with Gasteiger partial charge in [0.05, 0.1) is 12.1 Å². The van der Waals surface area contributed by atoms with Crippen LogP contribution in [0.1, 0.15) is 28.8 Å². The maximum Gasteiger partial charge on any atom is 0.416 e. The smallest absolute Gasteiger partial charge is 0.416 e. The van der Waals surface area contributed by atoms with Crippen LogP contribution in [0.4, 0.5) is 19.0 Å². The number of halogens is 3. The summed E-state index contributed by atoms with van der Waals surface area (Å²) in [5, 5.41) is 0. The van der Waals surface area contributed by atoms with Gasteiger partial charge in [-0.2, -0.15) is 13.2 Å². The van der Waals surface area contributed by atoms with Gasteiger partial charge in [0.2, 0.25) is 0 Å². The van der Waals surface area contributed by atoms with Gasteiger partial charge in [-0.05, 0) is 37.1 Å². The molecule has 1 aliphatic heterocycles. The normalized spacial score (nSPS) is 17.3. The zero-order valence-corrected chi connectivity index (χ0v) is 15.6. The van der Waals surface area contributed by atoms with E-state index in [1.54, 1.807) is 16.0 Å². The maximum absolute atomic E-state index is 12.7. The molecule has 0 radical (unpaired) electrons. The third-order valence-electron chi connectivity index (χ3n) is 4.47. The van der Waals surface area contributed by atoms with Crippen LogP contribution in [0, 0.1) is 0 Å². The number of carbonyl (C=O) groups excluding carboxylic acids is 1. The van der Waals surface area contributed by atoms with Gasteiger partial charge < -0.3 is 14.5 Å². The minimum Gasteiger partial charge on any atom is -0.470 e. The molecule has 1 aromatic heterocycles. The number of rotatable bonds is 4. The molecular weight excluding hydrogens is 373 g/mol. The summed E-state index contributed by atoms with van der Waals surface area (Å²) in [7, 11) is 3.66. The Balaban J connectivity index is 1.69. The molecule has 28 heavy (non-hydrogen) atoms. The highest BCUT2D eigenvalue weighted by atomic mass is 19.4. The number of anilines is 1. The Bertz CT molecular complexity index is 825. The molecule has 1 aliphatic rings. The van der Waals surface area contributed by atoms with Crippen LogP contribution in [0.2, 0.25) is 0 Å². The van der Waals surface area contributed by atoms with Crippen LogP contribution in [0.3, 0.4) is 0 Å². The number of hydrogen-bond acceptors (Lipinski definition) is 5. The first kappa shape index (κ1) is 19.9. The molecule has 2 aromatic rings. The number of benzene rings is 1. The van der Waals surface area contributed by atoms with E-state index < -0.39 is 11.7 Å². The van der Waals surface area contributed by atoms with Gasteiger partial charge in [-0.15, -0.1) is 0 Å². The lowest BCUT2D eigenvalue weighted by molar-refractivity contribution is -0.137. The summed E-state index contributed by atoms with van der Waals surface area (Å²) >= 11 is 0. The molecule has 0 N–H and O–H groups in total. The maximum atomic E-state index is 12.7. The Morgan fingerprint density at radius 2 is 1.86 bits per heavy atom. The number of ether oxygens (including phenoxy) is 1. The summed E-state index contributed by atoms with van der Waals surface area (Å²) in [6.07, 6.45) is -0.0937. The molecule has 0 aliphatic carbocycles. The van der Waals surface area contributed by atoms with Gasteiger partial charge in [0.15, 0.2) is 5.82 Å². The van der Waals surface area contributed by atoms with Crippen molar-refractivity contribution in [2.75, 3.05) is 32.1 Å². The highest BCUT2D eigenvalue weighted by Gasteiger charge is 2.31. The van der Waals surface area contributed by atoms with E-state index in [-0.39, 0.29) is 17.6 Å². The molecule has 0 spiro atoms. The van der Waals surface area contributed by atoms with Gasteiger partial charge in [-0.3, -0.25) is 4.79 Å². The fourth-order valence-electron chi connectivity index (χ4n) is 3.07. The quantitative estimate of drug-likeness (QED) is 0.797. The van der Waals surface area contributed by atoms with Crippen molar-refractivity contribution in [3.8, 4) is 5.88 Å². The number of likely N-dealkylation sites (tertiary alicyclic amines) is 1. The van der Waals surface area contributed by atoms with E-state index >= 15 is 0 Å². The van der Waals surface area contributed by atoms with Crippen molar-refractivity contribution >= 4 is 11.7 Å². The highest BCUT2D eigenvalue weighted by molar-refractivity contribution is 5.94. The van der Waals surface area contributed by atoms with Crippen LogP contribution >= 0.6 is 0 Å². The lowest BCUT2D eigenvalue weighted by Crippen LogP contribution is -2.44. The fraction of sp³-hybridized carbons (Fsp3) is 0.421. The topological polar surface area (TPSA) is 58.6 Å². The number of nitrogens with zero attached hydrogens (tertiary/aromatic N) is 4. The van der Waals surface area contributed by atoms with Crippen LogP contribution in [-0.2, 0) is 6.18 Å². The Kier molecular flexibility index (Phi) is 5.71. The van der Waals surface area contributed by atoms with Crippen molar-refractivity contribution in [2.45, 2.75) is 25.1 Å². The van der Waals surface area contributed by atoms with Crippen molar-refractivity contribution in [1.82, 2.24) is 14.9 Å². The van der Waals surface area contributed by atoms with Gasteiger partial charge in [-0.1, -0.05) is 0 Å². The average Bonchev–Trinajstić information content (AvgIpc) is 2.67. The zero-order valence-electron chi connectivity index (χ0n) is 15.6. The summed E-state index contributed by atoms with van der Waals surface area (Å²) in [4.78, 5) is 24.5. The lowest BCUT2D eigenvalue weighted by Gasteiger charge is -2.33. The van der Waals surface area contributed by atoms with Crippen molar-refractivity contribution < 1.29 is 22.7 Å². The highest BCUT2D eigenvalue weighted by Crippen LogP contribution is 2.29. The number of aromatic nitrogens is 2. The number of amides is 1. The molecule has 1 unspecified atom stereocenters. The third kappa shape index (κ3) is 4.52. The first-order chi connectivity index (χ1) is 13.3. The van der Waals surface area contributed by atoms with Gasteiger partial charge in [-0.25, -0.2) is 9.97 Å². The van der Waals surface area contributed by atoms with Gasteiger partial charge >= 0.3 is 6.18 Å². The number of hydrogen-bond donors (Lipinski definition) is 0. The monoisotopic (exact) mass is 394 g/mol. The predicted molar refractivity (Wildman–Crippen MR) is 97.4 cm³/mol. The molecule has 1 fully saturated rings. The van der Waals surface area contributed by atoms with Gasteiger partial charge in [0.25, 0.3) is 11.8 Å². The second kappa shape index (κ2) is 8.04. The SMILES string of the molecule is CN(C)c1nccnc1OC1CCCN(C(=O)c2ccc(C(F)(F)F)cc2)C1. The Morgan fingerprint density at radius 1 is 1.18 bits per heavy atom. The molecule has 2 heterocycles. The summed E-state index contributed by atoms with van der Waals surface area (Å²) in [6, 6.07) is 4.27. The second-order valence-corrected chi connectivity index (χ2v) is 6.79. The molecule has 9 heteroatoms. The molecular formula is C19H21F3N4O2. The minimum atomic E-state index is -4.42. The van der Waals surface area contributed by atoms with Crippen molar-refractivity contribution in [2.24, 2.45) is 0 Å². The summed E-state index contributed by atoms with van der Waals surface area (Å²) < 4.78 is 44.1. The Hall–Kier alpha value is -2.84. The zero-order chi connectivity index (χ0) is 20.3. The number of alkyl halides is 3. The van der Waals surface area contributed by atoms with E-state index in [9.17, 15) is 18.0 Å². The molecule has 6 nitrogen and oxygen atoms in total. The molecule has 0 saturated carbocycles. The standard InChI is InChI=1S/C19H21F3N4O2/c1-25(2)16-17(24-10-9-23-16)28-15-4-3-11-26(12-15)18(27)13-5-7-14(8-6-13)19(20,21)22/h5-10,15H,3-4,11-12H2,1-2H3. The Morgan fingerprint density at radius 3 is 2.50 bits per heavy atom. The van der Waals surface area contributed by atoms with Crippen LogP contribution in [0.15, 0.2) is 36.7 Å². The van der Waals surface area contributed by atoms with E-state index in [0.29, 0.717) is 24.8 Å². The first-order valence-electron chi connectivity index (χ1n) is 8.87. The molecule has 1 amide bonds. The van der Waals surface area contributed by atoms with Gasteiger partial charge in [0, 0.05) is 38.6 Å². The van der Waals surface area contributed by atoms with Gasteiger partial charge in [0.1, 0.15) is 6.10 Å². The number of piperidine rings is 1. The summed E-state index contributed by atoms with van der Waals surface area (Å²) in [5.74, 6) is 0.670. The minimum absolute atomic E-state index is 0.224. The van der Waals surface area contributed by atoms with E-state index in [2.05, 4.69) is 9.97 Å². The van der Waals surface area contributed by atoms with Crippen LogP contribution < -0.4 is 9.64 Å². The van der Waals surface area contributed by atoms with Crippen molar-refractivity contribution in [3.63, 3.8) is 0 Å². The largest absolute Gasteiger partial charge is 0.470 e. The molecule has 1 saturated heterocycles. The van der Waals surface area contributed by atoms with E-state index in [4.69, 9.17) is 4.74 Å². The molecule has 0 bridgehead atoms. The lowest BCUT2D eigenvalue weighted by atomic mass is 10.1. The molecule has 3 rings (SSSR count). The Labute approximate surface area is 160 Å². The van der Waals surface area contributed by atoms with E-state index in [1.807, 2.05) is 14.1 Å². The molecule has 1 aromatic carbocycles. The fourth-order valence-corrected chi connectivity index (χ4v) is 3.07. The van der Waals surface area contributed by atoms with Crippen LogP contribution in [0.5, 0.6) is 5.88 Å². The van der Waals surface area contributed by atoms with E-state index in [0.717, 1.165) is 25.0 Å². The van der Waals surface area contributed by atoms with Crippen molar-refractivity contribution in [3.05, 3.63) is 47.8 Å². The van der Waals surface area contributed by atoms with E-state index in [1.165, 1.54) is 18.3 Å². The van der Waals surface area contributed by atoms with Crippen LogP contribution in [-0.4, -0.2) is 54.1 Å². The average molecular weight is 394 g/mol. The third-order valence-corrected chi connectivity index (χ3v) is 4.47.